The third-order valence-corrected chi connectivity index (χ3v) is 3.57. The molecule has 2 atom stereocenters. The number of hydrogen-bond acceptors (Lipinski definition) is 2. The minimum atomic E-state index is -0.377. The van der Waals surface area contributed by atoms with Gasteiger partial charge in [0, 0.05) is 6.04 Å². The molecule has 1 heterocycles. The lowest BCUT2D eigenvalue weighted by molar-refractivity contribution is -0.146. The molecule has 0 spiro atoms. The zero-order chi connectivity index (χ0) is 12.3. The Morgan fingerprint density at radius 1 is 1.38 bits per heavy atom. The van der Waals surface area contributed by atoms with Crippen molar-refractivity contribution >= 4 is 11.8 Å². The maximum atomic E-state index is 12.0. The van der Waals surface area contributed by atoms with Crippen molar-refractivity contribution in [2.75, 3.05) is 6.54 Å². The summed E-state index contributed by atoms with van der Waals surface area (Å²) in [6.07, 6.45) is 2.08. The maximum Gasteiger partial charge on any atom is 0.245 e. The predicted molar refractivity (Wildman–Crippen MR) is 62.9 cm³/mol. The van der Waals surface area contributed by atoms with E-state index in [0.717, 1.165) is 12.8 Å². The molecule has 4 heteroatoms. The molecular formula is C12H22N2O2. The topological polar surface area (TPSA) is 49.4 Å². The maximum absolute atomic E-state index is 12.0. The largest absolute Gasteiger partial charge is 0.343 e. The Morgan fingerprint density at radius 2 is 1.94 bits per heavy atom. The minimum absolute atomic E-state index is 0.0407. The molecule has 1 fully saturated rings. The SMILES string of the molecule is CCC(CC)C(C)N1CC(=O)NC(C)C1=O. The highest BCUT2D eigenvalue weighted by atomic mass is 16.2. The second-order valence-electron chi connectivity index (χ2n) is 4.57. The summed E-state index contributed by atoms with van der Waals surface area (Å²) in [6, 6.07) is -0.228. The van der Waals surface area contributed by atoms with Crippen molar-refractivity contribution in [1.29, 1.82) is 0 Å². The van der Waals surface area contributed by atoms with E-state index in [4.69, 9.17) is 0 Å². The summed E-state index contributed by atoms with van der Waals surface area (Å²) >= 11 is 0. The van der Waals surface area contributed by atoms with Gasteiger partial charge in [-0.15, -0.1) is 0 Å². The molecule has 0 aliphatic carbocycles. The summed E-state index contributed by atoms with van der Waals surface area (Å²) in [5.41, 5.74) is 0. The van der Waals surface area contributed by atoms with E-state index < -0.39 is 0 Å². The zero-order valence-electron chi connectivity index (χ0n) is 10.6. The predicted octanol–water partition coefficient (Wildman–Crippen LogP) is 1.16. The van der Waals surface area contributed by atoms with Crippen molar-refractivity contribution in [2.45, 2.75) is 52.6 Å². The van der Waals surface area contributed by atoms with E-state index >= 15 is 0 Å². The number of nitrogens with zero attached hydrogens (tertiary/aromatic N) is 1. The monoisotopic (exact) mass is 226 g/mol. The van der Waals surface area contributed by atoms with E-state index in [2.05, 4.69) is 19.2 Å². The van der Waals surface area contributed by atoms with Crippen molar-refractivity contribution < 1.29 is 9.59 Å². The number of nitrogens with one attached hydrogen (secondary N) is 1. The Kier molecular flexibility index (Phi) is 4.33. The molecule has 2 unspecified atom stereocenters. The van der Waals surface area contributed by atoms with Crippen LogP contribution in [0.3, 0.4) is 0 Å². The van der Waals surface area contributed by atoms with Crippen LogP contribution < -0.4 is 5.32 Å². The van der Waals surface area contributed by atoms with Crippen molar-refractivity contribution in [3.05, 3.63) is 0 Å². The van der Waals surface area contributed by atoms with Crippen molar-refractivity contribution in [3.63, 3.8) is 0 Å². The van der Waals surface area contributed by atoms with Gasteiger partial charge in [0.15, 0.2) is 0 Å². The van der Waals surface area contributed by atoms with Crippen molar-refractivity contribution in [1.82, 2.24) is 10.2 Å². The Balaban J connectivity index is 2.76. The first kappa shape index (κ1) is 13.0. The highest BCUT2D eigenvalue weighted by Gasteiger charge is 2.34. The van der Waals surface area contributed by atoms with E-state index in [0.29, 0.717) is 5.92 Å². The average Bonchev–Trinajstić information content (AvgIpc) is 2.24. The molecule has 0 aromatic carbocycles. The molecule has 0 aromatic rings. The molecule has 1 rings (SSSR count). The first-order valence-corrected chi connectivity index (χ1v) is 6.11. The average molecular weight is 226 g/mol. The number of hydrogen-bond donors (Lipinski definition) is 1. The molecule has 2 amide bonds. The molecule has 92 valence electrons. The first-order chi connectivity index (χ1) is 7.51. The van der Waals surface area contributed by atoms with Gasteiger partial charge in [0.05, 0.1) is 6.54 Å². The number of piperazine rings is 1. The summed E-state index contributed by atoms with van der Waals surface area (Å²) in [5, 5.41) is 2.66. The van der Waals surface area contributed by atoms with Gasteiger partial charge in [0.2, 0.25) is 11.8 Å². The fourth-order valence-electron chi connectivity index (χ4n) is 2.40. The molecule has 0 radical (unpaired) electrons. The van der Waals surface area contributed by atoms with Crippen LogP contribution in [0.25, 0.3) is 0 Å². The van der Waals surface area contributed by atoms with Crippen molar-refractivity contribution in [3.8, 4) is 0 Å². The lowest BCUT2D eigenvalue weighted by Crippen LogP contribution is -2.60. The highest BCUT2D eigenvalue weighted by Crippen LogP contribution is 2.20. The van der Waals surface area contributed by atoms with Crippen LogP contribution in [-0.2, 0) is 9.59 Å². The van der Waals surface area contributed by atoms with Gasteiger partial charge >= 0.3 is 0 Å². The van der Waals surface area contributed by atoms with Gasteiger partial charge < -0.3 is 10.2 Å². The molecule has 0 bridgehead atoms. The highest BCUT2D eigenvalue weighted by molar-refractivity contribution is 5.94. The summed E-state index contributed by atoms with van der Waals surface area (Å²) in [7, 11) is 0. The number of carbonyl (C=O) groups excluding carboxylic acids is 2. The normalized spacial score (nSPS) is 23.6. The standard InChI is InChI=1S/C12H22N2O2/c1-5-10(6-2)9(4)14-7-11(15)13-8(3)12(14)16/h8-10H,5-7H2,1-4H3,(H,13,15). The first-order valence-electron chi connectivity index (χ1n) is 6.11. The minimum Gasteiger partial charge on any atom is -0.343 e. The van der Waals surface area contributed by atoms with Crippen LogP contribution >= 0.6 is 0 Å². The summed E-state index contributed by atoms with van der Waals surface area (Å²) < 4.78 is 0. The Bertz CT molecular complexity index is 274. The van der Waals surface area contributed by atoms with Gasteiger partial charge in [-0.1, -0.05) is 26.7 Å². The van der Waals surface area contributed by atoms with Crippen LogP contribution in [0.4, 0.5) is 0 Å². The second-order valence-corrected chi connectivity index (χ2v) is 4.57. The Morgan fingerprint density at radius 3 is 2.44 bits per heavy atom. The second kappa shape index (κ2) is 5.32. The van der Waals surface area contributed by atoms with Crippen molar-refractivity contribution in [2.24, 2.45) is 5.92 Å². The smallest absolute Gasteiger partial charge is 0.245 e. The van der Waals surface area contributed by atoms with Gasteiger partial charge in [-0.2, -0.15) is 0 Å². The summed E-state index contributed by atoms with van der Waals surface area (Å²) in [5.74, 6) is 0.464. The molecule has 16 heavy (non-hydrogen) atoms. The number of rotatable bonds is 4. The zero-order valence-corrected chi connectivity index (χ0v) is 10.6. The molecular weight excluding hydrogens is 204 g/mol. The molecule has 1 N–H and O–H groups in total. The van der Waals surface area contributed by atoms with Crippen LogP contribution in [0.5, 0.6) is 0 Å². The molecule has 4 nitrogen and oxygen atoms in total. The number of amides is 2. The Hall–Kier alpha value is -1.06. The fourth-order valence-corrected chi connectivity index (χ4v) is 2.40. The molecule has 1 aliphatic heterocycles. The van der Waals surface area contributed by atoms with Gasteiger partial charge in [-0.3, -0.25) is 9.59 Å². The van der Waals surface area contributed by atoms with Gasteiger partial charge in [0.25, 0.3) is 0 Å². The van der Waals surface area contributed by atoms with E-state index in [9.17, 15) is 9.59 Å². The third-order valence-electron chi connectivity index (χ3n) is 3.57. The summed E-state index contributed by atoms with van der Waals surface area (Å²) in [4.78, 5) is 25.1. The molecule has 0 saturated carbocycles. The fraction of sp³-hybridized carbons (Fsp3) is 0.833. The van der Waals surface area contributed by atoms with E-state index in [1.54, 1.807) is 11.8 Å². The van der Waals surface area contributed by atoms with Crippen LogP contribution in [0, 0.1) is 5.92 Å². The van der Waals surface area contributed by atoms with Crippen LogP contribution in [-0.4, -0.2) is 35.3 Å². The molecule has 1 aliphatic rings. The van der Waals surface area contributed by atoms with Crippen LogP contribution in [0.15, 0.2) is 0 Å². The molecule has 1 saturated heterocycles. The van der Waals surface area contributed by atoms with E-state index in [-0.39, 0.29) is 30.4 Å². The van der Waals surface area contributed by atoms with Gasteiger partial charge in [-0.25, -0.2) is 0 Å². The molecule has 0 aromatic heterocycles. The quantitative estimate of drug-likeness (QED) is 0.782. The van der Waals surface area contributed by atoms with E-state index in [1.165, 1.54) is 0 Å². The number of carbonyl (C=O) groups is 2. The lowest BCUT2D eigenvalue weighted by atomic mass is 9.93. The van der Waals surface area contributed by atoms with Crippen LogP contribution in [0.1, 0.15) is 40.5 Å². The van der Waals surface area contributed by atoms with Gasteiger partial charge in [-0.05, 0) is 19.8 Å². The third kappa shape index (κ3) is 2.54. The summed E-state index contributed by atoms with van der Waals surface area (Å²) in [6.45, 7) is 8.25. The van der Waals surface area contributed by atoms with E-state index in [1.807, 2.05) is 6.92 Å². The van der Waals surface area contributed by atoms with Crippen LogP contribution in [0.2, 0.25) is 0 Å². The lowest BCUT2D eigenvalue weighted by Gasteiger charge is -2.38. The van der Waals surface area contributed by atoms with Gasteiger partial charge in [0.1, 0.15) is 6.04 Å². The Labute approximate surface area is 97.4 Å².